The van der Waals surface area contributed by atoms with Gasteiger partial charge in [0.15, 0.2) is 5.82 Å². The van der Waals surface area contributed by atoms with E-state index < -0.39 is 0 Å². The second kappa shape index (κ2) is 10.3. The smallest absolute Gasteiger partial charge is 0.159 e. The predicted molar refractivity (Wildman–Crippen MR) is 143 cm³/mol. The molecule has 9 nitrogen and oxygen atoms in total. The Kier molecular flexibility index (Phi) is 6.88. The first kappa shape index (κ1) is 24.7. The third-order valence-electron chi connectivity index (χ3n) is 8.36. The van der Waals surface area contributed by atoms with E-state index in [-0.39, 0.29) is 18.2 Å². The highest BCUT2D eigenvalue weighted by Crippen LogP contribution is 2.35. The second-order valence-electron chi connectivity index (χ2n) is 10.8. The van der Waals surface area contributed by atoms with Crippen molar-refractivity contribution in [3.8, 4) is 5.82 Å². The van der Waals surface area contributed by atoms with Crippen molar-refractivity contribution in [2.45, 2.75) is 64.2 Å². The van der Waals surface area contributed by atoms with Gasteiger partial charge in [-0.15, -0.1) is 0 Å². The summed E-state index contributed by atoms with van der Waals surface area (Å²) in [5.74, 6) is 2.97. The minimum absolute atomic E-state index is 0.139. The molecule has 0 amide bonds. The van der Waals surface area contributed by atoms with Gasteiger partial charge in [-0.1, -0.05) is 6.92 Å². The Morgan fingerprint density at radius 3 is 2.59 bits per heavy atom. The normalized spacial score (nSPS) is 25.8. The maximum atomic E-state index is 10.3. The molecule has 3 fully saturated rings. The number of aryl methyl sites for hydroxylation is 2. The van der Waals surface area contributed by atoms with E-state index in [1.807, 2.05) is 17.8 Å². The summed E-state index contributed by atoms with van der Waals surface area (Å²) >= 11 is 0. The summed E-state index contributed by atoms with van der Waals surface area (Å²) in [6.07, 6.45) is 4.96. The number of likely N-dealkylation sites (tertiary alicyclic amines) is 1. The van der Waals surface area contributed by atoms with Crippen molar-refractivity contribution in [3.63, 3.8) is 0 Å². The summed E-state index contributed by atoms with van der Waals surface area (Å²) in [6, 6.07) is 6.78. The number of fused-ring (bicyclic) bond motifs is 1. The quantitative estimate of drug-likeness (QED) is 0.565. The van der Waals surface area contributed by atoms with Gasteiger partial charge in [0.25, 0.3) is 0 Å². The molecule has 198 valence electrons. The lowest BCUT2D eigenvalue weighted by Crippen LogP contribution is -2.46. The lowest BCUT2D eigenvalue weighted by molar-refractivity contribution is 0.0381. The van der Waals surface area contributed by atoms with Gasteiger partial charge in [0.2, 0.25) is 0 Å². The number of morpholine rings is 1. The number of hydrogen-bond donors (Lipinski definition) is 1. The molecule has 3 aromatic rings. The van der Waals surface area contributed by atoms with Crippen LogP contribution in [0.4, 0.5) is 5.82 Å². The van der Waals surface area contributed by atoms with Gasteiger partial charge in [-0.25, -0.2) is 14.6 Å². The highest BCUT2D eigenvalue weighted by atomic mass is 16.5. The van der Waals surface area contributed by atoms with E-state index in [0.717, 1.165) is 80.4 Å². The Labute approximate surface area is 218 Å². The summed E-state index contributed by atoms with van der Waals surface area (Å²) in [6.45, 7) is 11.8. The summed E-state index contributed by atoms with van der Waals surface area (Å²) in [5, 5.41) is 16.1. The molecule has 37 heavy (non-hydrogen) atoms. The molecule has 2 aromatic heterocycles. The molecule has 0 aliphatic carbocycles. The van der Waals surface area contributed by atoms with Crippen LogP contribution in [0.15, 0.2) is 24.4 Å². The van der Waals surface area contributed by atoms with Crippen LogP contribution in [0.2, 0.25) is 0 Å². The van der Waals surface area contributed by atoms with Crippen LogP contribution in [0.25, 0.3) is 16.7 Å². The third kappa shape index (κ3) is 4.85. The van der Waals surface area contributed by atoms with Crippen molar-refractivity contribution < 1.29 is 14.6 Å². The zero-order chi connectivity index (χ0) is 25.5. The fourth-order valence-corrected chi connectivity index (χ4v) is 6.23. The lowest BCUT2D eigenvalue weighted by atomic mass is 9.85. The lowest BCUT2D eigenvalue weighted by Gasteiger charge is -2.37. The van der Waals surface area contributed by atoms with Crippen molar-refractivity contribution in [2.24, 2.45) is 0 Å². The van der Waals surface area contributed by atoms with Crippen molar-refractivity contribution in [2.75, 3.05) is 50.9 Å². The minimum atomic E-state index is -0.365. The fourth-order valence-electron chi connectivity index (χ4n) is 6.23. The van der Waals surface area contributed by atoms with Crippen LogP contribution in [-0.4, -0.2) is 94.0 Å². The number of hydrogen-bond acceptors (Lipinski definition) is 8. The number of nitrogens with zero attached hydrogens (tertiary/aromatic N) is 6. The molecule has 3 atom stereocenters. The van der Waals surface area contributed by atoms with E-state index in [4.69, 9.17) is 24.5 Å². The van der Waals surface area contributed by atoms with Crippen molar-refractivity contribution in [3.05, 3.63) is 41.3 Å². The number of anilines is 1. The topological polar surface area (TPSA) is 88.8 Å². The molecule has 3 aliphatic rings. The number of aromatic nitrogens is 4. The van der Waals surface area contributed by atoms with Gasteiger partial charge >= 0.3 is 0 Å². The van der Waals surface area contributed by atoms with Gasteiger partial charge in [-0.3, -0.25) is 4.90 Å². The van der Waals surface area contributed by atoms with Gasteiger partial charge in [-0.05, 0) is 75.4 Å². The molecule has 3 aliphatic heterocycles. The SMILES string of the molecule is CCC1CN(c2cc(-n3ncc4cc(C)c(C5CCN(C6COCC6O)CC5)cc43)nc(C)n2)CCO1. The molecule has 9 heteroatoms. The monoisotopic (exact) mass is 506 g/mol. The molecule has 3 saturated heterocycles. The van der Waals surface area contributed by atoms with Gasteiger partial charge in [0.05, 0.1) is 49.8 Å². The first-order valence-electron chi connectivity index (χ1n) is 13.7. The molecule has 0 bridgehead atoms. The summed E-state index contributed by atoms with van der Waals surface area (Å²) in [5.41, 5.74) is 3.79. The van der Waals surface area contributed by atoms with Crippen LogP contribution in [0.5, 0.6) is 0 Å². The van der Waals surface area contributed by atoms with Gasteiger partial charge in [-0.2, -0.15) is 5.10 Å². The fraction of sp³-hybridized carbons (Fsp3) is 0.607. The Morgan fingerprint density at radius 2 is 1.84 bits per heavy atom. The number of piperidine rings is 1. The molecule has 1 aromatic carbocycles. The first-order valence-corrected chi connectivity index (χ1v) is 13.7. The molecule has 6 rings (SSSR count). The maximum absolute atomic E-state index is 10.3. The molecule has 3 unspecified atom stereocenters. The van der Waals surface area contributed by atoms with Crippen LogP contribution in [0, 0.1) is 13.8 Å². The zero-order valence-electron chi connectivity index (χ0n) is 22.1. The number of aliphatic hydroxyl groups is 1. The standard InChI is InChI=1S/C28H38N6O3/c1-4-22-15-33(9-10-37-22)27-13-28(31-19(3)30-27)34-24-12-23(18(2)11-21(24)14-29-34)20-5-7-32(8-6-20)25-16-36-17-26(25)35/h11-14,20,22,25-26,35H,4-10,15-17H2,1-3H3. The largest absolute Gasteiger partial charge is 0.389 e. The number of aliphatic hydroxyl groups excluding tert-OH is 1. The van der Waals surface area contributed by atoms with Crippen LogP contribution in [0.3, 0.4) is 0 Å². The molecule has 1 N–H and O–H groups in total. The van der Waals surface area contributed by atoms with E-state index in [2.05, 4.69) is 41.8 Å². The summed E-state index contributed by atoms with van der Waals surface area (Å²) in [7, 11) is 0. The third-order valence-corrected chi connectivity index (χ3v) is 8.36. The minimum Gasteiger partial charge on any atom is -0.389 e. The molecule has 0 radical (unpaired) electrons. The number of rotatable bonds is 5. The Morgan fingerprint density at radius 1 is 1.03 bits per heavy atom. The van der Waals surface area contributed by atoms with Gasteiger partial charge in [0.1, 0.15) is 11.6 Å². The molecular formula is C28H38N6O3. The highest BCUT2D eigenvalue weighted by Gasteiger charge is 2.34. The van der Waals surface area contributed by atoms with Crippen LogP contribution in [-0.2, 0) is 9.47 Å². The van der Waals surface area contributed by atoms with E-state index in [1.165, 1.54) is 11.1 Å². The van der Waals surface area contributed by atoms with Gasteiger partial charge in [0, 0.05) is 24.5 Å². The molecule has 0 spiro atoms. The van der Waals surface area contributed by atoms with Crippen LogP contribution >= 0.6 is 0 Å². The summed E-state index contributed by atoms with van der Waals surface area (Å²) < 4.78 is 13.3. The Hall–Kier alpha value is -2.59. The van der Waals surface area contributed by atoms with Crippen molar-refractivity contribution in [1.82, 2.24) is 24.6 Å². The predicted octanol–water partition coefficient (Wildman–Crippen LogP) is 2.99. The Balaban J connectivity index is 1.27. The second-order valence-corrected chi connectivity index (χ2v) is 10.8. The van der Waals surface area contributed by atoms with Crippen molar-refractivity contribution in [1.29, 1.82) is 0 Å². The molecule has 0 saturated carbocycles. The average molecular weight is 507 g/mol. The maximum Gasteiger partial charge on any atom is 0.159 e. The van der Waals surface area contributed by atoms with E-state index in [1.54, 1.807) is 0 Å². The van der Waals surface area contributed by atoms with E-state index >= 15 is 0 Å². The van der Waals surface area contributed by atoms with E-state index in [0.29, 0.717) is 19.1 Å². The summed E-state index contributed by atoms with van der Waals surface area (Å²) in [4.78, 5) is 14.2. The van der Waals surface area contributed by atoms with Crippen LogP contribution in [0.1, 0.15) is 49.1 Å². The Bertz CT molecular complexity index is 1250. The molecule has 5 heterocycles. The first-order chi connectivity index (χ1) is 18.0. The van der Waals surface area contributed by atoms with Gasteiger partial charge < -0.3 is 19.5 Å². The average Bonchev–Trinajstić information content (AvgIpc) is 3.53. The number of ether oxygens (including phenoxy) is 2. The molecular weight excluding hydrogens is 468 g/mol. The van der Waals surface area contributed by atoms with Crippen LogP contribution < -0.4 is 4.90 Å². The number of benzene rings is 1. The van der Waals surface area contributed by atoms with Crippen molar-refractivity contribution >= 4 is 16.7 Å². The highest BCUT2D eigenvalue weighted by molar-refractivity contribution is 5.82. The van der Waals surface area contributed by atoms with E-state index in [9.17, 15) is 5.11 Å². The zero-order valence-corrected chi connectivity index (χ0v) is 22.1.